The van der Waals surface area contributed by atoms with Gasteiger partial charge in [0.25, 0.3) is 0 Å². The molecular formula is C30H34. The zero-order valence-corrected chi connectivity index (χ0v) is 18.0. The minimum absolute atomic E-state index is 0. The van der Waals surface area contributed by atoms with Crippen molar-refractivity contribution < 1.29 is 0 Å². The molecule has 0 saturated heterocycles. The van der Waals surface area contributed by atoms with Crippen LogP contribution < -0.4 is 0 Å². The molecule has 0 radical (unpaired) electrons. The predicted octanol–water partition coefficient (Wildman–Crippen LogP) is 8.64. The van der Waals surface area contributed by atoms with Crippen LogP contribution in [0.2, 0.25) is 0 Å². The summed E-state index contributed by atoms with van der Waals surface area (Å²) in [6.45, 7) is 8.40. The maximum absolute atomic E-state index is 2.39. The molecule has 0 heteroatoms. The van der Waals surface area contributed by atoms with Gasteiger partial charge in [0.05, 0.1) is 5.41 Å². The van der Waals surface area contributed by atoms with Crippen molar-refractivity contribution in [2.75, 3.05) is 0 Å². The Labute approximate surface area is 183 Å². The largest absolute Gasteiger partial charge is 0.0776 e. The average molecular weight is 395 g/mol. The van der Waals surface area contributed by atoms with E-state index in [0.717, 1.165) is 12.8 Å². The van der Waals surface area contributed by atoms with Gasteiger partial charge < -0.3 is 0 Å². The quantitative estimate of drug-likeness (QED) is 0.408. The van der Waals surface area contributed by atoms with E-state index >= 15 is 0 Å². The van der Waals surface area contributed by atoms with Crippen LogP contribution in [0.15, 0.2) is 96.1 Å². The number of allylic oxidation sites excluding steroid dienone is 4. The summed E-state index contributed by atoms with van der Waals surface area (Å²) in [6, 6.07) is 27.1. The molecule has 0 aliphatic heterocycles. The van der Waals surface area contributed by atoms with Crippen molar-refractivity contribution in [1.29, 1.82) is 0 Å². The molecule has 0 fully saturated rings. The van der Waals surface area contributed by atoms with Gasteiger partial charge in [0.15, 0.2) is 0 Å². The molecule has 0 atom stereocenters. The van der Waals surface area contributed by atoms with Crippen LogP contribution in [0.3, 0.4) is 0 Å². The van der Waals surface area contributed by atoms with Crippen molar-refractivity contribution in [3.8, 4) is 11.1 Å². The van der Waals surface area contributed by atoms with Crippen LogP contribution in [-0.4, -0.2) is 0 Å². The van der Waals surface area contributed by atoms with E-state index in [1.807, 2.05) is 13.8 Å². The standard InChI is InChI=1S/C27H24.C2H6.CH4/c1-19-11-15-21(16-12-19)27(22-17-13-20(2)14-18-22)25-9-5-3-7-23(25)24-8-4-6-10-26(24)27;1-2;/h3-13,15-17H,14,18H2,1-2H3;1-2H3;1H4. The smallest absolute Gasteiger partial charge is 0.0676 e. The lowest BCUT2D eigenvalue weighted by molar-refractivity contribution is 0.684. The van der Waals surface area contributed by atoms with Crippen molar-refractivity contribution in [1.82, 2.24) is 0 Å². The highest BCUT2D eigenvalue weighted by atomic mass is 14.5. The monoisotopic (exact) mass is 394 g/mol. The van der Waals surface area contributed by atoms with Crippen LogP contribution in [0.25, 0.3) is 11.1 Å². The third kappa shape index (κ3) is 3.25. The highest BCUT2D eigenvalue weighted by Crippen LogP contribution is 2.57. The molecule has 154 valence electrons. The zero-order chi connectivity index (χ0) is 20.4. The lowest BCUT2D eigenvalue weighted by Gasteiger charge is -2.37. The summed E-state index contributed by atoms with van der Waals surface area (Å²) < 4.78 is 0. The van der Waals surface area contributed by atoms with Gasteiger partial charge in [-0.1, -0.05) is 123 Å². The molecule has 0 N–H and O–H groups in total. The Kier molecular flexibility index (Phi) is 6.46. The number of aryl methyl sites for hydroxylation is 1. The Morgan fingerprint density at radius 3 is 1.67 bits per heavy atom. The van der Waals surface area contributed by atoms with Crippen molar-refractivity contribution in [3.63, 3.8) is 0 Å². The first-order valence-electron chi connectivity index (χ1n) is 10.8. The summed E-state index contributed by atoms with van der Waals surface area (Å²) in [4.78, 5) is 0. The van der Waals surface area contributed by atoms with E-state index in [9.17, 15) is 0 Å². The van der Waals surface area contributed by atoms with Gasteiger partial charge in [0.2, 0.25) is 0 Å². The zero-order valence-electron chi connectivity index (χ0n) is 18.0. The van der Waals surface area contributed by atoms with Crippen LogP contribution in [-0.2, 0) is 5.41 Å². The highest BCUT2D eigenvalue weighted by Gasteiger charge is 2.46. The van der Waals surface area contributed by atoms with Gasteiger partial charge in [-0.05, 0) is 54.5 Å². The minimum Gasteiger partial charge on any atom is -0.0776 e. The Morgan fingerprint density at radius 2 is 1.17 bits per heavy atom. The third-order valence-electron chi connectivity index (χ3n) is 6.28. The Bertz CT molecular complexity index is 1030. The first-order valence-corrected chi connectivity index (χ1v) is 10.8. The lowest BCUT2D eigenvalue weighted by Crippen LogP contribution is -2.30. The molecule has 0 bridgehead atoms. The Balaban J connectivity index is 0.000000830. The molecule has 2 aliphatic rings. The summed E-state index contributed by atoms with van der Waals surface area (Å²) in [5.74, 6) is 0. The van der Waals surface area contributed by atoms with E-state index in [1.54, 1.807) is 0 Å². The predicted molar refractivity (Wildman–Crippen MR) is 132 cm³/mol. The molecular weight excluding hydrogens is 360 g/mol. The molecule has 0 aromatic heterocycles. The van der Waals surface area contributed by atoms with Gasteiger partial charge in [0.1, 0.15) is 0 Å². The number of hydrogen-bond donors (Lipinski definition) is 0. The van der Waals surface area contributed by atoms with Crippen LogP contribution in [0.5, 0.6) is 0 Å². The van der Waals surface area contributed by atoms with Gasteiger partial charge in [-0.2, -0.15) is 0 Å². The fourth-order valence-corrected chi connectivity index (χ4v) is 4.93. The summed E-state index contributed by atoms with van der Waals surface area (Å²) in [7, 11) is 0. The van der Waals surface area contributed by atoms with Gasteiger partial charge in [0, 0.05) is 0 Å². The first kappa shape index (κ1) is 21.8. The fourth-order valence-electron chi connectivity index (χ4n) is 4.93. The topological polar surface area (TPSA) is 0 Å². The summed E-state index contributed by atoms with van der Waals surface area (Å²) >= 11 is 0. The maximum Gasteiger partial charge on any atom is 0.0676 e. The Morgan fingerprint density at radius 1 is 0.633 bits per heavy atom. The second-order valence-corrected chi connectivity index (χ2v) is 7.91. The van der Waals surface area contributed by atoms with Gasteiger partial charge in [-0.3, -0.25) is 0 Å². The molecule has 3 aromatic carbocycles. The van der Waals surface area contributed by atoms with Gasteiger partial charge >= 0.3 is 0 Å². The molecule has 0 unspecified atom stereocenters. The van der Waals surface area contributed by atoms with E-state index in [-0.39, 0.29) is 12.8 Å². The van der Waals surface area contributed by atoms with Crippen molar-refractivity contribution in [2.24, 2.45) is 0 Å². The van der Waals surface area contributed by atoms with E-state index in [0.29, 0.717) is 0 Å². The van der Waals surface area contributed by atoms with E-state index in [1.165, 1.54) is 44.5 Å². The van der Waals surface area contributed by atoms with Crippen LogP contribution in [0.1, 0.15) is 63.3 Å². The molecule has 0 nitrogen and oxygen atoms in total. The van der Waals surface area contributed by atoms with Gasteiger partial charge in [-0.25, -0.2) is 0 Å². The van der Waals surface area contributed by atoms with E-state index in [2.05, 4.69) is 98.8 Å². The van der Waals surface area contributed by atoms with Crippen molar-refractivity contribution in [2.45, 2.75) is 53.4 Å². The molecule has 0 spiro atoms. The normalized spacial score (nSPS) is 15.5. The van der Waals surface area contributed by atoms with E-state index in [4.69, 9.17) is 0 Å². The van der Waals surface area contributed by atoms with Crippen molar-refractivity contribution in [3.05, 3.63) is 118 Å². The van der Waals surface area contributed by atoms with Crippen molar-refractivity contribution >= 4 is 0 Å². The molecule has 0 amide bonds. The summed E-state index contributed by atoms with van der Waals surface area (Å²) in [6.07, 6.45) is 6.96. The second-order valence-electron chi connectivity index (χ2n) is 7.91. The molecule has 5 rings (SSSR count). The minimum atomic E-state index is -0.182. The number of fused-ring (bicyclic) bond motifs is 3. The number of rotatable bonds is 2. The van der Waals surface area contributed by atoms with E-state index < -0.39 is 0 Å². The Hall–Kier alpha value is -2.86. The SMILES string of the molecule is C.CC.CC1=CC=C(C2(c3ccc(C)cc3)c3ccccc3-c3ccccc32)CC1. The maximum atomic E-state index is 2.39. The molecule has 0 heterocycles. The third-order valence-corrected chi connectivity index (χ3v) is 6.28. The molecule has 3 aromatic rings. The number of hydrogen-bond acceptors (Lipinski definition) is 0. The second kappa shape index (κ2) is 8.88. The average Bonchev–Trinajstić information content (AvgIpc) is 3.08. The molecule has 30 heavy (non-hydrogen) atoms. The highest BCUT2D eigenvalue weighted by molar-refractivity contribution is 5.86. The molecule has 2 aliphatic carbocycles. The summed E-state index contributed by atoms with van der Waals surface area (Å²) in [5, 5.41) is 0. The lowest BCUT2D eigenvalue weighted by atomic mass is 9.65. The first-order chi connectivity index (χ1) is 14.2. The van der Waals surface area contributed by atoms with Crippen LogP contribution >= 0.6 is 0 Å². The van der Waals surface area contributed by atoms with Gasteiger partial charge in [-0.15, -0.1) is 0 Å². The summed E-state index contributed by atoms with van der Waals surface area (Å²) in [5.41, 5.74) is 11.1. The molecule has 0 saturated carbocycles. The van der Waals surface area contributed by atoms with Crippen LogP contribution in [0.4, 0.5) is 0 Å². The van der Waals surface area contributed by atoms with Crippen LogP contribution in [0, 0.1) is 6.92 Å². The number of benzene rings is 3. The fraction of sp³-hybridized carbons (Fsp3) is 0.267.